The van der Waals surface area contributed by atoms with Gasteiger partial charge >= 0.3 is 5.97 Å². The highest BCUT2D eigenvalue weighted by Crippen LogP contribution is 2.32. The monoisotopic (exact) mass is 467 g/mol. The van der Waals surface area contributed by atoms with Gasteiger partial charge in [-0.05, 0) is 30.7 Å². The van der Waals surface area contributed by atoms with Gasteiger partial charge in [-0.25, -0.2) is 22.4 Å². The average Bonchev–Trinajstić information content (AvgIpc) is 2.76. The lowest BCUT2D eigenvalue weighted by atomic mass is 10.0. The van der Waals surface area contributed by atoms with Crippen molar-refractivity contribution < 1.29 is 37.0 Å². The number of carboxylic acids is 1. The normalized spacial score (nSPS) is 11.7. The van der Waals surface area contributed by atoms with Gasteiger partial charge in [-0.1, -0.05) is 41.9 Å². The number of carboxylic acid groups (broad SMARTS) is 1. The van der Waals surface area contributed by atoms with Gasteiger partial charge in [0.15, 0.2) is 23.3 Å². The molecule has 166 valence electrons. The number of hydrogen-bond acceptors (Lipinski definition) is 3. The summed E-state index contributed by atoms with van der Waals surface area (Å²) in [6.07, 6.45) is -0.369. The van der Waals surface area contributed by atoms with E-state index in [9.17, 15) is 27.2 Å². The van der Waals surface area contributed by atoms with Crippen molar-refractivity contribution in [1.29, 1.82) is 0 Å². The number of carbonyl (C=O) groups excluding carboxylic acids is 1. The van der Waals surface area contributed by atoms with Crippen LogP contribution in [0.25, 0.3) is 0 Å². The van der Waals surface area contributed by atoms with Gasteiger partial charge in [-0.2, -0.15) is 0 Å². The fraction of sp³-hybridized carbons (Fsp3) is 0.0909. The van der Waals surface area contributed by atoms with Crippen molar-refractivity contribution in [3.8, 4) is 5.75 Å². The topological polar surface area (TPSA) is 75.6 Å². The van der Waals surface area contributed by atoms with Crippen LogP contribution in [0.1, 0.15) is 39.3 Å². The molecule has 0 radical (unpaired) electrons. The number of aromatic carboxylic acids is 1. The minimum absolute atomic E-state index is 0.0426. The van der Waals surface area contributed by atoms with Crippen LogP contribution in [-0.2, 0) is 0 Å². The van der Waals surface area contributed by atoms with E-state index >= 15 is 0 Å². The van der Waals surface area contributed by atoms with Gasteiger partial charge in [0, 0.05) is 5.69 Å². The largest absolute Gasteiger partial charge is 0.484 e. The van der Waals surface area contributed by atoms with E-state index < -0.39 is 46.3 Å². The van der Waals surface area contributed by atoms with Gasteiger partial charge in [-0.3, -0.25) is 4.79 Å². The Bertz CT molecular complexity index is 1200. The van der Waals surface area contributed by atoms with Gasteiger partial charge in [0.05, 0.1) is 10.6 Å². The van der Waals surface area contributed by atoms with E-state index in [0.29, 0.717) is 0 Å². The van der Waals surface area contributed by atoms with Crippen molar-refractivity contribution in [2.24, 2.45) is 0 Å². The van der Waals surface area contributed by atoms with Crippen LogP contribution >= 0.6 is 11.6 Å². The summed E-state index contributed by atoms with van der Waals surface area (Å²) in [5, 5.41) is 11.2. The minimum Gasteiger partial charge on any atom is -0.484 e. The first-order chi connectivity index (χ1) is 15.1. The van der Waals surface area contributed by atoms with Gasteiger partial charge in [0.25, 0.3) is 5.91 Å². The Hall–Kier alpha value is -3.59. The van der Waals surface area contributed by atoms with Gasteiger partial charge in [0.2, 0.25) is 0 Å². The number of carbonyl (C=O) groups is 2. The summed E-state index contributed by atoms with van der Waals surface area (Å²) in [6, 6.07) is 13.1. The van der Waals surface area contributed by atoms with Crippen LogP contribution in [0.5, 0.6) is 5.75 Å². The van der Waals surface area contributed by atoms with Crippen molar-refractivity contribution in [2.75, 3.05) is 5.32 Å². The fourth-order valence-electron chi connectivity index (χ4n) is 2.90. The Morgan fingerprint density at radius 2 is 1.53 bits per heavy atom. The maximum atomic E-state index is 14.1. The highest BCUT2D eigenvalue weighted by molar-refractivity contribution is 6.32. The summed E-state index contributed by atoms with van der Waals surface area (Å²) in [4.78, 5) is 23.6. The minimum atomic E-state index is -2.34. The first-order valence-corrected chi connectivity index (χ1v) is 9.41. The zero-order valence-corrected chi connectivity index (χ0v) is 17.0. The molecule has 0 saturated carbocycles. The molecule has 5 nitrogen and oxygen atoms in total. The van der Waals surface area contributed by atoms with Crippen molar-refractivity contribution in [3.63, 3.8) is 0 Å². The molecule has 0 aliphatic rings. The second-order valence-corrected chi connectivity index (χ2v) is 6.99. The van der Waals surface area contributed by atoms with Crippen molar-refractivity contribution >= 4 is 29.2 Å². The molecule has 0 fully saturated rings. The van der Waals surface area contributed by atoms with Crippen molar-refractivity contribution in [3.05, 3.63) is 93.5 Å². The summed E-state index contributed by atoms with van der Waals surface area (Å²) in [6.45, 7) is 1.79. The Morgan fingerprint density at radius 3 is 2.09 bits per heavy atom. The van der Waals surface area contributed by atoms with Crippen LogP contribution in [-0.4, -0.2) is 17.0 Å². The second-order valence-electron chi connectivity index (χ2n) is 6.58. The van der Waals surface area contributed by atoms with E-state index in [1.165, 1.54) is 18.2 Å². The summed E-state index contributed by atoms with van der Waals surface area (Å²) in [5.41, 5.74) is -2.32. The maximum Gasteiger partial charge on any atom is 0.339 e. The number of anilines is 1. The van der Waals surface area contributed by atoms with Crippen LogP contribution in [0.4, 0.5) is 23.2 Å². The maximum absolute atomic E-state index is 14.1. The summed E-state index contributed by atoms with van der Waals surface area (Å²) >= 11 is 6.16. The van der Waals surface area contributed by atoms with Crippen LogP contribution in [0.2, 0.25) is 5.02 Å². The predicted molar refractivity (Wildman–Crippen MR) is 108 cm³/mol. The second kappa shape index (κ2) is 9.27. The summed E-state index contributed by atoms with van der Waals surface area (Å²) in [5.74, 6) is -12.4. The number of nitrogens with one attached hydrogen (secondary N) is 1. The first kappa shape index (κ1) is 23.1. The summed E-state index contributed by atoms with van der Waals surface area (Å²) < 4.78 is 60.7. The molecule has 32 heavy (non-hydrogen) atoms. The van der Waals surface area contributed by atoms with E-state index in [4.69, 9.17) is 21.4 Å². The van der Waals surface area contributed by atoms with Crippen LogP contribution in [0.3, 0.4) is 0 Å². The van der Waals surface area contributed by atoms with E-state index in [1.54, 1.807) is 6.92 Å². The lowest BCUT2D eigenvalue weighted by Crippen LogP contribution is -2.22. The van der Waals surface area contributed by atoms with Crippen LogP contribution < -0.4 is 10.1 Å². The van der Waals surface area contributed by atoms with E-state index in [1.807, 2.05) is 30.3 Å². The molecule has 0 saturated heterocycles. The molecule has 10 heteroatoms. The number of ether oxygens (including phenoxy) is 1. The number of amides is 1. The lowest BCUT2D eigenvalue weighted by Gasteiger charge is -2.17. The molecule has 1 atom stereocenters. The number of benzene rings is 3. The SMILES string of the molecule is CC(Oc1ccc(NC(=O)c2c(F)c(F)c(F)c(F)c2C(=O)O)cc1Cl)c1ccccc1. The molecule has 0 spiro atoms. The van der Waals surface area contributed by atoms with Gasteiger partial charge in [0.1, 0.15) is 17.4 Å². The van der Waals surface area contributed by atoms with E-state index in [-0.39, 0.29) is 22.6 Å². The molecule has 1 unspecified atom stereocenters. The molecule has 3 aromatic carbocycles. The van der Waals surface area contributed by atoms with Gasteiger partial charge in [-0.15, -0.1) is 0 Å². The average molecular weight is 468 g/mol. The van der Waals surface area contributed by atoms with Crippen LogP contribution in [0, 0.1) is 23.3 Å². The third-order valence-corrected chi connectivity index (χ3v) is 4.77. The molecule has 0 bridgehead atoms. The van der Waals surface area contributed by atoms with Crippen LogP contribution in [0.15, 0.2) is 48.5 Å². The standard InChI is InChI=1S/C22H14ClF4NO4/c1-10(11-5-3-2-4-6-11)32-14-8-7-12(9-13(14)23)28-21(29)15-16(22(30)31)18(25)20(27)19(26)17(15)24/h2-10H,1H3,(H,28,29)(H,30,31). The van der Waals surface area contributed by atoms with Crippen molar-refractivity contribution in [1.82, 2.24) is 0 Å². The molecule has 2 N–H and O–H groups in total. The molecule has 1 amide bonds. The Balaban J connectivity index is 1.87. The molecule has 0 heterocycles. The third kappa shape index (κ3) is 4.52. The zero-order chi connectivity index (χ0) is 23.6. The quantitative estimate of drug-likeness (QED) is 0.265. The highest BCUT2D eigenvalue weighted by Gasteiger charge is 2.32. The molecule has 0 aromatic heterocycles. The molecule has 3 rings (SSSR count). The number of halogens is 5. The Labute approximate surface area is 184 Å². The predicted octanol–water partition coefficient (Wildman–Crippen LogP) is 5.99. The summed E-state index contributed by atoms with van der Waals surface area (Å²) in [7, 11) is 0. The molecule has 0 aliphatic carbocycles. The zero-order valence-electron chi connectivity index (χ0n) is 16.3. The Kier molecular flexibility index (Phi) is 6.69. The van der Waals surface area contributed by atoms with E-state index in [2.05, 4.69) is 5.32 Å². The smallest absolute Gasteiger partial charge is 0.339 e. The molecular weight excluding hydrogens is 454 g/mol. The first-order valence-electron chi connectivity index (χ1n) is 9.03. The van der Waals surface area contributed by atoms with Gasteiger partial charge < -0.3 is 15.2 Å². The van der Waals surface area contributed by atoms with E-state index in [0.717, 1.165) is 5.56 Å². The number of hydrogen-bond donors (Lipinski definition) is 2. The Morgan fingerprint density at radius 1 is 0.938 bits per heavy atom. The number of rotatable bonds is 6. The van der Waals surface area contributed by atoms with Crippen molar-refractivity contribution in [2.45, 2.75) is 13.0 Å². The highest BCUT2D eigenvalue weighted by atomic mass is 35.5. The lowest BCUT2D eigenvalue weighted by molar-refractivity contribution is 0.0684. The third-order valence-electron chi connectivity index (χ3n) is 4.47. The molecule has 0 aliphatic heterocycles. The fourth-order valence-corrected chi connectivity index (χ4v) is 3.12. The molecular formula is C22H14ClF4NO4. The molecule has 3 aromatic rings.